The average molecular weight is 876 g/mol. The van der Waals surface area contributed by atoms with Gasteiger partial charge in [0.1, 0.15) is 46.1 Å². The van der Waals surface area contributed by atoms with Gasteiger partial charge in [0.15, 0.2) is 0 Å². The Bertz CT molecular complexity index is 1550. The van der Waals surface area contributed by atoms with E-state index in [9.17, 15) is 38.3 Å². The Labute approximate surface area is 355 Å². The van der Waals surface area contributed by atoms with Gasteiger partial charge in [-0.25, -0.2) is 4.57 Å². The van der Waals surface area contributed by atoms with E-state index in [1.807, 2.05) is 0 Å². The second-order valence-corrected chi connectivity index (χ2v) is 20.5. The van der Waals surface area contributed by atoms with Crippen LogP contribution < -0.4 is 9.26 Å². The quantitative estimate of drug-likeness (QED) is 0.0986. The molecule has 0 amide bonds. The molecule has 18 nitrogen and oxygen atoms in total. The normalized spacial score (nSPS) is 13.5. The van der Waals surface area contributed by atoms with Gasteiger partial charge in [0.05, 0.1) is 38.8 Å². The lowest BCUT2D eigenvalue weighted by atomic mass is 10.2. The molecular formula is C41H70N3O15P. The summed E-state index contributed by atoms with van der Waals surface area (Å²) in [6, 6.07) is 4.56. The summed E-state index contributed by atoms with van der Waals surface area (Å²) in [6.07, 6.45) is 0. The van der Waals surface area contributed by atoms with Crippen molar-refractivity contribution in [3.63, 3.8) is 0 Å². The Balaban J connectivity index is 3.76. The summed E-state index contributed by atoms with van der Waals surface area (Å²) >= 11 is 0. The highest BCUT2D eigenvalue weighted by Crippen LogP contribution is 2.37. The topological polar surface area (TPSA) is 217 Å². The van der Waals surface area contributed by atoms with E-state index in [1.54, 1.807) is 109 Å². The molecule has 0 heterocycles. The van der Waals surface area contributed by atoms with Crippen LogP contribution in [0.4, 0.5) is 0 Å². The van der Waals surface area contributed by atoms with Crippen LogP contribution in [0.5, 0.6) is 11.5 Å². The molecule has 0 aliphatic heterocycles. The zero-order chi connectivity index (χ0) is 46.5. The van der Waals surface area contributed by atoms with Gasteiger partial charge < -0.3 is 32.9 Å². The maximum Gasteiger partial charge on any atom is 0.524 e. The Morgan fingerprint density at radius 2 is 0.817 bits per heavy atom. The second kappa shape index (κ2) is 22.3. The number of phosphoric acid groups is 1. The average Bonchev–Trinajstić information content (AvgIpc) is 2.96. The van der Waals surface area contributed by atoms with Crippen LogP contribution in [0.25, 0.3) is 0 Å². The van der Waals surface area contributed by atoms with Crippen molar-refractivity contribution in [2.45, 2.75) is 138 Å². The predicted octanol–water partition coefficient (Wildman–Crippen LogP) is 4.52. The van der Waals surface area contributed by atoms with Crippen LogP contribution in [-0.2, 0) is 52.2 Å². The van der Waals surface area contributed by atoms with Gasteiger partial charge in [-0.3, -0.25) is 48.5 Å². The number of esters is 5. The molecule has 0 radical (unpaired) electrons. The van der Waals surface area contributed by atoms with Crippen LogP contribution in [0.1, 0.15) is 104 Å². The third kappa shape index (κ3) is 27.9. The molecule has 0 saturated heterocycles. The molecule has 60 heavy (non-hydrogen) atoms. The third-order valence-electron chi connectivity index (χ3n) is 7.03. The van der Waals surface area contributed by atoms with Crippen molar-refractivity contribution >= 4 is 37.7 Å². The molecule has 344 valence electrons. The van der Waals surface area contributed by atoms with Gasteiger partial charge in [-0.05, 0) is 128 Å². The summed E-state index contributed by atoms with van der Waals surface area (Å²) in [4.78, 5) is 89.4. The molecule has 0 aliphatic rings. The van der Waals surface area contributed by atoms with E-state index in [1.165, 1.54) is 34.1 Å². The van der Waals surface area contributed by atoms with E-state index in [4.69, 9.17) is 28.4 Å². The molecule has 1 aromatic carbocycles. The Hall–Kier alpha value is -3.80. The number of hydrogen-bond acceptors (Lipinski definition) is 16. The summed E-state index contributed by atoms with van der Waals surface area (Å²) in [6.45, 7) is 23.9. The first-order chi connectivity index (χ1) is 27.0. The van der Waals surface area contributed by atoms with Gasteiger partial charge in [0, 0.05) is 19.6 Å². The van der Waals surface area contributed by atoms with Crippen molar-refractivity contribution in [2.24, 2.45) is 0 Å². The number of benzene rings is 1. The number of hydrogen-bond donors (Lipinski definition) is 2. The highest BCUT2D eigenvalue weighted by Gasteiger charge is 2.32. The summed E-state index contributed by atoms with van der Waals surface area (Å²) in [5.41, 5.74) is -4.19. The molecule has 0 unspecified atom stereocenters. The molecule has 0 bridgehead atoms. The van der Waals surface area contributed by atoms with Gasteiger partial charge in [-0.2, -0.15) is 0 Å². The highest BCUT2D eigenvalue weighted by atomic mass is 31.2. The minimum atomic E-state index is -4.83. The number of phosphoric ester groups is 1. The van der Waals surface area contributed by atoms with Gasteiger partial charge in [0.2, 0.25) is 0 Å². The maximum atomic E-state index is 13.4. The van der Waals surface area contributed by atoms with Gasteiger partial charge >= 0.3 is 37.7 Å². The van der Waals surface area contributed by atoms with E-state index >= 15 is 0 Å². The number of nitrogens with zero attached hydrogens (tertiary/aromatic N) is 3. The van der Waals surface area contributed by atoms with E-state index in [0.717, 1.165) is 0 Å². The summed E-state index contributed by atoms with van der Waals surface area (Å²) in [7, 11) is -4.83. The second-order valence-electron chi connectivity index (χ2n) is 19.3. The molecule has 0 spiro atoms. The maximum absolute atomic E-state index is 13.4. The molecule has 1 atom stereocenters. The summed E-state index contributed by atoms with van der Waals surface area (Å²) < 4.78 is 50.2. The Morgan fingerprint density at radius 3 is 1.15 bits per heavy atom. The number of rotatable bonds is 21. The van der Waals surface area contributed by atoms with Crippen LogP contribution in [0.3, 0.4) is 0 Å². The predicted molar refractivity (Wildman–Crippen MR) is 222 cm³/mol. The van der Waals surface area contributed by atoms with Crippen LogP contribution in [0.2, 0.25) is 0 Å². The largest absolute Gasteiger partial charge is 0.524 e. The van der Waals surface area contributed by atoms with E-state index < -0.39 is 84.8 Å². The summed E-state index contributed by atoms with van der Waals surface area (Å²) in [5.74, 6) is -2.96. The van der Waals surface area contributed by atoms with Gasteiger partial charge in [-0.1, -0.05) is 0 Å². The monoisotopic (exact) mass is 875 g/mol. The summed E-state index contributed by atoms with van der Waals surface area (Å²) in [5, 5.41) is 0. The van der Waals surface area contributed by atoms with E-state index in [0.29, 0.717) is 0 Å². The lowest BCUT2D eigenvalue weighted by Crippen LogP contribution is -2.54. The SMILES string of the molecule is CC(C)(C)OC(=O)CN(CCN(CC(=O)OC(C)(C)C)C[C@H](COc1ccc(OP(=O)(O)O)cc1)N(CC(=O)OC(C)(C)C)CC(=O)OC(C)(C)C)CC(=O)OC(C)(C)C. The minimum absolute atomic E-state index is 0.0447. The third-order valence-corrected chi connectivity index (χ3v) is 7.48. The van der Waals surface area contributed by atoms with Crippen molar-refractivity contribution < 1.29 is 71.3 Å². The zero-order valence-electron chi connectivity index (χ0n) is 38.2. The first-order valence-corrected chi connectivity index (χ1v) is 21.2. The molecule has 0 saturated carbocycles. The molecule has 2 N–H and O–H groups in total. The first kappa shape index (κ1) is 54.2. The molecule has 0 fully saturated rings. The van der Waals surface area contributed by atoms with Crippen molar-refractivity contribution in [3.8, 4) is 11.5 Å². The van der Waals surface area contributed by atoms with Crippen molar-refractivity contribution in [2.75, 3.05) is 59.0 Å². The van der Waals surface area contributed by atoms with Crippen LogP contribution >= 0.6 is 7.82 Å². The minimum Gasteiger partial charge on any atom is -0.492 e. The molecule has 0 aliphatic carbocycles. The van der Waals surface area contributed by atoms with Crippen LogP contribution in [-0.4, -0.2) is 147 Å². The molecule has 1 rings (SSSR count). The first-order valence-electron chi connectivity index (χ1n) is 19.7. The molecule has 19 heteroatoms. The highest BCUT2D eigenvalue weighted by molar-refractivity contribution is 7.46. The van der Waals surface area contributed by atoms with Gasteiger partial charge in [-0.15, -0.1) is 0 Å². The van der Waals surface area contributed by atoms with Gasteiger partial charge in [0.25, 0.3) is 0 Å². The van der Waals surface area contributed by atoms with Crippen LogP contribution in [0, 0.1) is 0 Å². The number of carbonyl (C=O) groups excluding carboxylic acids is 5. The smallest absolute Gasteiger partial charge is 0.492 e. The number of ether oxygens (including phenoxy) is 6. The molecule has 1 aromatic rings. The number of carbonyl (C=O) groups is 5. The van der Waals surface area contributed by atoms with E-state index in [-0.39, 0.29) is 57.4 Å². The fraction of sp³-hybridized carbons (Fsp3) is 0.732. The Kier molecular flexibility index (Phi) is 20.2. The van der Waals surface area contributed by atoms with Crippen molar-refractivity contribution in [3.05, 3.63) is 24.3 Å². The van der Waals surface area contributed by atoms with E-state index in [2.05, 4.69) is 4.52 Å². The fourth-order valence-corrected chi connectivity index (χ4v) is 5.69. The lowest BCUT2D eigenvalue weighted by molar-refractivity contribution is -0.163. The zero-order valence-corrected chi connectivity index (χ0v) is 39.1. The fourth-order valence-electron chi connectivity index (χ4n) is 5.29. The van der Waals surface area contributed by atoms with Crippen LogP contribution in [0.15, 0.2) is 24.3 Å². The molecule has 0 aromatic heterocycles. The Morgan fingerprint density at radius 1 is 0.517 bits per heavy atom. The standard InChI is InChI=1S/C41H70N3O15P/c1-37(2,3)54-32(45)23-42(20-21-43(24-33(46)55-38(4,5)6)25-34(47)56-39(7,8)9)22-29(28-53-30-16-18-31(19-17-30)59-60(50,51)52)44(26-35(48)57-40(10,11)12)27-36(49)58-41(13,14)15/h16-19,29H,20-28H2,1-15H3,(H2,50,51,52)/t29-/m1/s1. The van der Waals surface area contributed by atoms with Crippen molar-refractivity contribution in [1.82, 2.24) is 14.7 Å². The lowest BCUT2D eigenvalue weighted by Gasteiger charge is -2.36. The van der Waals surface area contributed by atoms with Crippen molar-refractivity contribution in [1.29, 1.82) is 0 Å². The molecular weight excluding hydrogens is 805 g/mol.